The van der Waals surface area contributed by atoms with Crippen LogP contribution in [0.25, 0.3) is 67.2 Å². The number of fused-ring (bicyclic) bond motifs is 1. The fourth-order valence-electron chi connectivity index (χ4n) is 5.22. The quantitative estimate of drug-likeness (QED) is 0.220. The van der Waals surface area contributed by atoms with Gasteiger partial charge in [-0.15, -0.1) is 0 Å². The number of nitrogens with zero attached hydrogens (tertiary/aromatic N) is 4. The number of rotatable bonds is 5. The normalized spacial score (nSPS) is 10.8. The van der Waals surface area contributed by atoms with Crippen molar-refractivity contribution in [2.45, 2.75) is 0 Å². The van der Waals surface area contributed by atoms with E-state index in [1.807, 2.05) is 84.9 Å². The second-order valence-corrected chi connectivity index (χ2v) is 10.0. The molecule has 42 heavy (non-hydrogen) atoms. The van der Waals surface area contributed by atoms with Crippen LogP contribution in [0.15, 0.2) is 146 Å². The van der Waals surface area contributed by atoms with Gasteiger partial charge in [0, 0.05) is 16.7 Å². The SMILES string of the molecule is N#Cc1cccc(-c2ccc3c(-c4ccc(-c5nc(-c6ccccc6)nc(-c6ccccc6)n5)cc4)cccc3c2)c1. The molecule has 196 valence electrons. The Morgan fingerprint density at radius 1 is 0.405 bits per heavy atom. The summed E-state index contributed by atoms with van der Waals surface area (Å²) in [6, 6.07) is 51.2. The molecule has 4 heteroatoms. The van der Waals surface area contributed by atoms with Crippen molar-refractivity contribution in [3.05, 3.63) is 151 Å². The third-order valence-corrected chi connectivity index (χ3v) is 7.36. The van der Waals surface area contributed by atoms with Crippen molar-refractivity contribution in [2.24, 2.45) is 0 Å². The van der Waals surface area contributed by atoms with Crippen molar-refractivity contribution in [3.8, 4) is 62.5 Å². The molecule has 0 radical (unpaired) electrons. The molecule has 1 heterocycles. The zero-order chi connectivity index (χ0) is 28.3. The molecule has 0 bridgehead atoms. The fourth-order valence-corrected chi connectivity index (χ4v) is 5.22. The van der Waals surface area contributed by atoms with E-state index >= 15 is 0 Å². The number of nitriles is 1. The van der Waals surface area contributed by atoms with Crippen LogP contribution in [0, 0.1) is 11.3 Å². The van der Waals surface area contributed by atoms with E-state index in [-0.39, 0.29) is 0 Å². The summed E-state index contributed by atoms with van der Waals surface area (Å²) >= 11 is 0. The predicted molar refractivity (Wildman–Crippen MR) is 169 cm³/mol. The highest BCUT2D eigenvalue weighted by Gasteiger charge is 2.13. The van der Waals surface area contributed by atoms with Crippen molar-refractivity contribution >= 4 is 10.8 Å². The van der Waals surface area contributed by atoms with Crippen molar-refractivity contribution in [3.63, 3.8) is 0 Å². The van der Waals surface area contributed by atoms with Crippen LogP contribution in [-0.4, -0.2) is 15.0 Å². The molecule has 0 saturated heterocycles. The maximum atomic E-state index is 9.31. The van der Waals surface area contributed by atoms with Gasteiger partial charge in [0.15, 0.2) is 17.5 Å². The summed E-state index contributed by atoms with van der Waals surface area (Å²) in [5.41, 5.74) is 7.88. The van der Waals surface area contributed by atoms with Crippen LogP contribution >= 0.6 is 0 Å². The molecule has 6 aromatic carbocycles. The van der Waals surface area contributed by atoms with Gasteiger partial charge in [-0.2, -0.15) is 5.26 Å². The number of aromatic nitrogens is 3. The monoisotopic (exact) mass is 536 g/mol. The van der Waals surface area contributed by atoms with Crippen molar-refractivity contribution < 1.29 is 0 Å². The lowest BCUT2D eigenvalue weighted by Crippen LogP contribution is -2.00. The summed E-state index contributed by atoms with van der Waals surface area (Å²) in [7, 11) is 0. The first-order valence-electron chi connectivity index (χ1n) is 13.8. The van der Waals surface area contributed by atoms with Gasteiger partial charge in [0.2, 0.25) is 0 Å². The molecular formula is C38H24N4. The molecule has 0 amide bonds. The van der Waals surface area contributed by atoms with Crippen LogP contribution in [-0.2, 0) is 0 Å². The third kappa shape index (κ3) is 4.92. The van der Waals surface area contributed by atoms with Gasteiger partial charge in [0.1, 0.15) is 0 Å². The van der Waals surface area contributed by atoms with Gasteiger partial charge < -0.3 is 0 Å². The van der Waals surface area contributed by atoms with Crippen LogP contribution in [0.4, 0.5) is 0 Å². The van der Waals surface area contributed by atoms with Crippen LogP contribution in [0.5, 0.6) is 0 Å². The Morgan fingerprint density at radius 3 is 1.52 bits per heavy atom. The first kappa shape index (κ1) is 25.1. The van der Waals surface area contributed by atoms with E-state index in [9.17, 15) is 5.26 Å². The molecule has 0 atom stereocenters. The maximum Gasteiger partial charge on any atom is 0.164 e. The van der Waals surface area contributed by atoms with Gasteiger partial charge in [-0.25, -0.2) is 15.0 Å². The smallest absolute Gasteiger partial charge is 0.164 e. The highest BCUT2D eigenvalue weighted by Crippen LogP contribution is 2.33. The van der Waals surface area contributed by atoms with E-state index in [4.69, 9.17) is 15.0 Å². The molecule has 7 aromatic rings. The van der Waals surface area contributed by atoms with E-state index in [0.717, 1.165) is 44.3 Å². The summed E-state index contributed by atoms with van der Waals surface area (Å²) < 4.78 is 0. The van der Waals surface area contributed by atoms with E-state index < -0.39 is 0 Å². The van der Waals surface area contributed by atoms with Crippen molar-refractivity contribution in [1.29, 1.82) is 5.26 Å². The van der Waals surface area contributed by atoms with Gasteiger partial charge in [0.05, 0.1) is 11.6 Å². The Hall–Kier alpha value is -5.92. The number of hydrogen-bond acceptors (Lipinski definition) is 4. The van der Waals surface area contributed by atoms with Crippen LogP contribution in [0.2, 0.25) is 0 Å². The summed E-state index contributed by atoms with van der Waals surface area (Å²) in [4.78, 5) is 14.5. The Labute approximate surface area is 244 Å². The van der Waals surface area contributed by atoms with E-state index in [0.29, 0.717) is 23.0 Å². The number of benzene rings is 6. The predicted octanol–water partition coefficient (Wildman–Crippen LogP) is 9.23. The first-order valence-corrected chi connectivity index (χ1v) is 13.8. The molecule has 1 aromatic heterocycles. The molecule has 0 saturated carbocycles. The third-order valence-electron chi connectivity index (χ3n) is 7.36. The standard InChI is InChI=1S/C38H24N4/c39-25-26-9-7-14-31(23-26)32-21-22-35-33(24-32)15-8-16-34(35)27-17-19-30(20-18-27)38-41-36(28-10-3-1-4-11-28)40-37(42-38)29-12-5-2-6-13-29/h1-24H. The van der Waals surface area contributed by atoms with Crippen LogP contribution in [0.1, 0.15) is 5.56 Å². The topological polar surface area (TPSA) is 62.5 Å². The summed E-state index contributed by atoms with van der Waals surface area (Å²) in [5, 5.41) is 11.6. The average Bonchev–Trinajstić information content (AvgIpc) is 3.08. The average molecular weight is 537 g/mol. The minimum absolute atomic E-state index is 0.636. The molecule has 4 nitrogen and oxygen atoms in total. The molecule has 0 spiro atoms. The lowest BCUT2D eigenvalue weighted by Gasteiger charge is -2.11. The Morgan fingerprint density at radius 2 is 0.905 bits per heavy atom. The molecule has 0 aliphatic rings. The maximum absolute atomic E-state index is 9.31. The molecular weight excluding hydrogens is 512 g/mol. The minimum Gasteiger partial charge on any atom is -0.208 e. The molecule has 0 N–H and O–H groups in total. The highest BCUT2D eigenvalue weighted by atomic mass is 15.0. The zero-order valence-corrected chi connectivity index (χ0v) is 22.6. The molecule has 0 aliphatic carbocycles. The highest BCUT2D eigenvalue weighted by molar-refractivity contribution is 5.99. The Bertz CT molecular complexity index is 2020. The minimum atomic E-state index is 0.636. The molecule has 7 rings (SSSR count). The number of hydrogen-bond donors (Lipinski definition) is 0. The lowest BCUT2D eigenvalue weighted by atomic mass is 9.94. The zero-order valence-electron chi connectivity index (χ0n) is 22.6. The molecule has 0 unspecified atom stereocenters. The van der Waals surface area contributed by atoms with Gasteiger partial charge in [0.25, 0.3) is 0 Å². The first-order chi connectivity index (χ1) is 20.7. The van der Waals surface area contributed by atoms with Crippen LogP contribution < -0.4 is 0 Å². The van der Waals surface area contributed by atoms with E-state index in [1.54, 1.807) is 0 Å². The lowest BCUT2D eigenvalue weighted by molar-refractivity contribution is 1.07. The van der Waals surface area contributed by atoms with E-state index in [2.05, 4.69) is 66.7 Å². The van der Waals surface area contributed by atoms with Gasteiger partial charge >= 0.3 is 0 Å². The second-order valence-electron chi connectivity index (χ2n) is 10.0. The summed E-state index contributed by atoms with van der Waals surface area (Å²) in [5.74, 6) is 1.93. The fraction of sp³-hybridized carbons (Fsp3) is 0. The summed E-state index contributed by atoms with van der Waals surface area (Å²) in [6.07, 6.45) is 0. The largest absolute Gasteiger partial charge is 0.208 e. The molecule has 0 aliphatic heterocycles. The van der Waals surface area contributed by atoms with E-state index in [1.165, 1.54) is 5.39 Å². The Balaban J connectivity index is 1.27. The van der Waals surface area contributed by atoms with Gasteiger partial charge in [-0.3, -0.25) is 0 Å². The summed E-state index contributed by atoms with van der Waals surface area (Å²) in [6.45, 7) is 0. The van der Waals surface area contributed by atoms with Crippen molar-refractivity contribution in [1.82, 2.24) is 15.0 Å². The second kappa shape index (κ2) is 10.9. The van der Waals surface area contributed by atoms with Crippen LogP contribution in [0.3, 0.4) is 0 Å². The van der Waals surface area contributed by atoms with Crippen molar-refractivity contribution in [2.75, 3.05) is 0 Å². The molecule has 0 fully saturated rings. The van der Waals surface area contributed by atoms with Gasteiger partial charge in [-0.05, 0) is 51.2 Å². The van der Waals surface area contributed by atoms with Gasteiger partial charge in [-0.1, -0.05) is 127 Å². The Kier molecular flexibility index (Phi) is 6.52.